The summed E-state index contributed by atoms with van der Waals surface area (Å²) >= 11 is 20.9. The van der Waals surface area contributed by atoms with E-state index in [0.717, 1.165) is 15.6 Å². The lowest BCUT2D eigenvalue weighted by molar-refractivity contribution is -0.113. The number of amides is 1. The summed E-state index contributed by atoms with van der Waals surface area (Å²) in [7, 11) is 1.59. The summed E-state index contributed by atoms with van der Waals surface area (Å²) in [6.07, 6.45) is 2.70. The van der Waals surface area contributed by atoms with E-state index in [1.807, 2.05) is 19.1 Å². The van der Waals surface area contributed by atoms with Crippen LogP contribution in [0.1, 0.15) is 18.9 Å². The van der Waals surface area contributed by atoms with Crippen molar-refractivity contribution in [2.24, 2.45) is 0 Å². The van der Waals surface area contributed by atoms with Crippen LogP contribution in [-0.4, -0.2) is 23.9 Å². The molecule has 4 nitrogen and oxygen atoms in total. The van der Waals surface area contributed by atoms with Gasteiger partial charge in [0, 0.05) is 0 Å². The van der Waals surface area contributed by atoms with Crippen LogP contribution in [-0.2, 0) is 4.79 Å². The largest absolute Gasteiger partial charge is 0.493 e. The van der Waals surface area contributed by atoms with Gasteiger partial charge < -0.3 is 9.47 Å². The number of hydrogen-bond donors (Lipinski definition) is 0. The number of rotatable bonds is 6. The zero-order valence-corrected chi connectivity index (χ0v) is 20.8. The lowest BCUT2D eigenvalue weighted by atomic mass is 10.1. The van der Waals surface area contributed by atoms with Crippen LogP contribution < -0.4 is 14.4 Å². The third-order valence-electron chi connectivity index (χ3n) is 3.96. The molecule has 2 aromatic carbocycles. The van der Waals surface area contributed by atoms with E-state index < -0.39 is 0 Å². The van der Waals surface area contributed by atoms with Crippen molar-refractivity contribution in [1.29, 1.82) is 0 Å². The van der Waals surface area contributed by atoms with E-state index in [1.54, 1.807) is 31.4 Å². The number of thioether (sulfide) groups is 1. The average Bonchev–Trinajstić information content (AvgIpc) is 2.96. The lowest BCUT2D eigenvalue weighted by Crippen LogP contribution is -2.27. The molecule has 1 heterocycles. The van der Waals surface area contributed by atoms with Crippen LogP contribution in [0.4, 0.5) is 5.69 Å². The number of benzene rings is 2. The number of anilines is 1. The number of methoxy groups -OCH3 is 1. The van der Waals surface area contributed by atoms with E-state index in [2.05, 4.69) is 22.6 Å². The Morgan fingerprint density at radius 2 is 2.00 bits per heavy atom. The number of thiocarbonyl (C=S) groups is 1. The first-order valence-corrected chi connectivity index (χ1v) is 11.6. The number of hydrogen-bond acceptors (Lipinski definition) is 5. The lowest BCUT2D eigenvalue weighted by Gasteiger charge is -2.15. The molecule has 3 rings (SSSR count). The van der Waals surface area contributed by atoms with Crippen LogP contribution in [0.3, 0.4) is 0 Å². The highest BCUT2D eigenvalue weighted by molar-refractivity contribution is 14.1. The van der Waals surface area contributed by atoms with Gasteiger partial charge in [-0.25, -0.2) is 0 Å². The Hall–Kier alpha value is -1.00. The van der Waals surface area contributed by atoms with Crippen LogP contribution in [0.2, 0.25) is 10.0 Å². The predicted octanol–water partition coefficient (Wildman–Crippen LogP) is 6.80. The Morgan fingerprint density at radius 1 is 1.24 bits per heavy atom. The number of nitrogens with zero attached hydrogens (tertiary/aromatic N) is 1. The fourth-order valence-electron chi connectivity index (χ4n) is 2.63. The van der Waals surface area contributed by atoms with Gasteiger partial charge in [-0.3, -0.25) is 9.69 Å². The highest BCUT2D eigenvalue weighted by Gasteiger charge is 2.33. The molecule has 29 heavy (non-hydrogen) atoms. The van der Waals surface area contributed by atoms with E-state index in [9.17, 15) is 4.79 Å². The molecule has 1 fully saturated rings. The van der Waals surface area contributed by atoms with Gasteiger partial charge in [0.25, 0.3) is 5.91 Å². The zero-order valence-electron chi connectivity index (χ0n) is 15.5. The fraction of sp³-hybridized carbons (Fsp3) is 0.200. The van der Waals surface area contributed by atoms with Gasteiger partial charge >= 0.3 is 0 Å². The molecular formula is C20H16Cl2INO3S2. The molecule has 2 aromatic rings. The maximum atomic E-state index is 13.0. The molecule has 0 atom stereocenters. The molecule has 1 aliphatic heterocycles. The Bertz CT molecular complexity index is 1010. The standard InChI is InChI=1S/C20H16Cl2INO3S2/c1-3-6-27-18-15(23)7-11(8-16(18)26-2)9-17-19(25)24(20(28)29-17)12-4-5-13(21)14(22)10-12/h4-5,7-10H,3,6H2,1-2H3/b17-9+. The third kappa shape index (κ3) is 5.02. The minimum atomic E-state index is -0.210. The van der Waals surface area contributed by atoms with Gasteiger partial charge in [0.2, 0.25) is 0 Å². The normalized spacial score (nSPS) is 15.3. The molecule has 1 amide bonds. The van der Waals surface area contributed by atoms with Crippen molar-refractivity contribution < 1.29 is 14.3 Å². The summed E-state index contributed by atoms with van der Waals surface area (Å²) in [5.41, 5.74) is 1.41. The topological polar surface area (TPSA) is 38.8 Å². The average molecular weight is 580 g/mol. The van der Waals surface area contributed by atoms with E-state index >= 15 is 0 Å². The van der Waals surface area contributed by atoms with Gasteiger partial charge in [-0.2, -0.15) is 0 Å². The summed E-state index contributed by atoms with van der Waals surface area (Å²) in [4.78, 5) is 14.9. The van der Waals surface area contributed by atoms with E-state index in [4.69, 9.17) is 44.9 Å². The Balaban J connectivity index is 1.93. The van der Waals surface area contributed by atoms with Gasteiger partial charge in [-0.1, -0.05) is 54.1 Å². The molecule has 1 saturated heterocycles. The van der Waals surface area contributed by atoms with Crippen molar-refractivity contribution in [3.05, 3.63) is 54.4 Å². The molecule has 0 unspecified atom stereocenters. The molecule has 0 bridgehead atoms. The molecule has 0 aliphatic carbocycles. The summed E-state index contributed by atoms with van der Waals surface area (Å²) in [5, 5.41) is 0.785. The molecule has 0 radical (unpaired) electrons. The number of carbonyl (C=O) groups excluding carboxylic acids is 1. The smallest absolute Gasteiger partial charge is 0.270 e. The third-order valence-corrected chi connectivity index (χ3v) is 6.80. The highest BCUT2D eigenvalue weighted by atomic mass is 127. The highest BCUT2D eigenvalue weighted by Crippen LogP contribution is 2.40. The number of halogens is 3. The molecule has 0 spiro atoms. The first-order chi connectivity index (χ1) is 13.8. The van der Waals surface area contributed by atoms with Crippen LogP contribution in [0.15, 0.2) is 35.2 Å². The van der Waals surface area contributed by atoms with Crippen molar-refractivity contribution in [1.82, 2.24) is 0 Å². The Morgan fingerprint density at radius 3 is 2.66 bits per heavy atom. The maximum Gasteiger partial charge on any atom is 0.270 e. The van der Waals surface area contributed by atoms with Crippen LogP contribution in [0.25, 0.3) is 6.08 Å². The predicted molar refractivity (Wildman–Crippen MR) is 134 cm³/mol. The monoisotopic (exact) mass is 579 g/mol. The molecule has 0 N–H and O–H groups in total. The molecule has 9 heteroatoms. The fourth-order valence-corrected chi connectivity index (χ4v) is 5.01. The van der Waals surface area contributed by atoms with E-state index in [-0.39, 0.29) is 5.91 Å². The van der Waals surface area contributed by atoms with Crippen molar-refractivity contribution in [3.8, 4) is 11.5 Å². The molecule has 1 aliphatic rings. The summed E-state index contributed by atoms with van der Waals surface area (Å²) in [6.45, 7) is 2.65. The second-order valence-electron chi connectivity index (χ2n) is 6.00. The first kappa shape index (κ1) is 22.7. The van der Waals surface area contributed by atoms with Crippen LogP contribution in [0.5, 0.6) is 11.5 Å². The Labute approximate surface area is 202 Å². The minimum absolute atomic E-state index is 0.210. The SMILES string of the molecule is CCCOc1c(I)cc(/C=C2/SC(=S)N(c3ccc(Cl)c(Cl)c3)C2=O)cc1OC. The summed E-state index contributed by atoms with van der Waals surface area (Å²) < 4.78 is 12.6. The second kappa shape index (κ2) is 9.87. The zero-order chi connectivity index (χ0) is 21.1. The van der Waals surface area contributed by atoms with E-state index in [1.165, 1.54) is 16.7 Å². The Kier molecular flexibility index (Phi) is 7.72. The molecule has 0 saturated carbocycles. The van der Waals surface area contributed by atoms with Crippen molar-refractivity contribution >= 4 is 91.8 Å². The summed E-state index contributed by atoms with van der Waals surface area (Å²) in [6, 6.07) is 8.78. The van der Waals surface area contributed by atoms with Gasteiger partial charge in [-0.15, -0.1) is 0 Å². The first-order valence-electron chi connectivity index (χ1n) is 8.59. The van der Waals surface area contributed by atoms with Gasteiger partial charge in [-0.05, 0) is 71.0 Å². The molecule has 152 valence electrons. The number of ether oxygens (including phenoxy) is 2. The van der Waals surface area contributed by atoms with Gasteiger partial charge in [0.05, 0.1) is 37.9 Å². The maximum absolute atomic E-state index is 13.0. The van der Waals surface area contributed by atoms with Crippen molar-refractivity contribution in [3.63, 3.8) is 0 Å². The second-order valence-corrected chi connectivity index (χ2v) is 9.65. The van der Waals surface area contributed by atoms with Crippen molar-refractivity contribution in [2.75, 3.05) is 18.6 Å². The number of carbonyl (C=O) groups is 1. The van der Waals surface area contributed by atoms with Crippen molar-refractivity contribution in [2.45, 2.75) is 13.3 Å². The van der Waals surface area contributed by atoms with Gasteiger partial charge in [0.1, 0.15) is 0 Å². The molecule has 0 aromatic heterocycles. The van der Waals surface area contributed by atoms with Gasteiger partial charge in [0.15, 0.2) is 15.8 Å². The minimum Gasteiger partial charge on any atom is -0.493 e. The molecular weight excluding hydrogens is 564 g/mol. The van der Waals surface area contributed by atoms with Crippen LogP contribution >= 0.6 is 69.8 Å². The summed E-state index contributed by atoms with van der Waals surface area (Å²) in [5.74, 6) is 1.12. The van der Waals surface area contributed by atoms with E-state index in [0.29, 0.717) is 43.1 Å². The van der Waals surface area contributed by atoms with Crippen LogP contribution in [0, 0.1) is 3.57 Å². The quantitative estimate of drug-likeness (QED) is 0.214.